The predicted molar refractivity (Wildman–Crippen MR) is 48.3 cm³/mol. The zero-order chi connectivity index (χ0) is 8.10. The van der Waals surface area contributed by atoms with Gasteiger partial charge in [0, 0.05) is 18.7 Å². The fourth-order valence-electron chi connectivity index (χ4n) is 1.09. The van der Waals surface area contributed by atoms with Crippen LogP contribution >= 0.6 is 11.9 Å². The lowest BCUT2D eigenvalue weighted by molar-refractivity contribution is -0.126. The van der Waals surface area contributed by atoms with Crippen LogP contribution in [-0.2, 0) is 4.79 Å². The minimum absolute atomic E-state index is 0.328. The summed E-state index contributed by atoms with van der Waals surface area (Å²) in [5.41, 5.74) is 0. The molecule has 1 rings (SSSR count). The molecule has 1 saturated heterocycles. The molecule has 1 amide bonds. The largest absolute Gasteiger partial charge is 0.286 e. The molecule has 11 heavy (non-hydrogen) atoms. The lowest BCUT2D eigenvalue weighted by Gasteiger charge is -2.24. The monoisotopic (exact) mass is 173 g/mol. The molecule has 1 fully saturated rings. The summed E-state index contributed by atoms with van der Waals surface area (Å²) in [5, 5.41) is 0. The first-order valence-corrected chi connectivity index (χ1v) is 5.22. The predicted octanol–water partition coefficient (Wildman–Crippen LogP) is 2.06. The number of amides is 1. The molecule has 0 bridgehead atoms. The molecule has 3 heteroatoms. The Morgan fingerprint density at radius 1 is 1.64 bits per heavy atom. The Hall–Kier alpha value is -0.180. The van der Waals surface area contributed by atoms with Gasteiger partial charge in [0.15, 0.2) is 0 Å². The molecule has 0 saturated carbocycles. The van der Waals surface area contributed by atoms with Crippen molar-refractivity contribution in [1.29, 1.82) is 0 Å². The van der Waals surface area contributed by atoms with Gasteiger partial charge in [0.05, 0.1) is 0 Å². The zero-order valence-electron chi connectivity index (χ0n) is 7.01. The number of hydrogen-bond acceptors (Lipinski definition) is 2. The fraction of sp³-hybridized carbons (Fsp3) is 0.875. The highest BCUT2D eigenvalue weighted by Gasteiger charge is 2.17. The Morgan fingerprint density at radius 2 is 2.45 bits per heavy atom. The van der Waals surface area contributed by atoms with E-state index in [2.05, 4.69) is 6.92 Å². The van der Waals surface area contributed by atoms with Gasteiger partial charge >= 0.3 is 0 Å². The molecule has 0 unspecified atom stereocenters. The lowest BCUT2D eigenvalue weighted by Crippen LogP contribution is -2.29. The lowest BCUT2D eigenvalue weighted by atomic mass is 10.3. The van der Waals surface area contributed by atoms with Crippen molar-refractivity contribution in [2.45, 2.75) is 32.6 Å². The van der Waals surface area contributed by atoms with Gasteiger partial charge in [-0.1, -0.05) is 13.3 Å². The SMILES string of the molecule is CCCCN1SCCCC1=O. The molecular weight excluding hydrogens is 158 g/mol. The van der Waals surface area contributed by atoms with Crippen LogP contribution in [-0.4, -0.2) is 22.5 Å². The summed E-state index contributed by atoms with van der Waals surface area (Å²) in [4.78, 5) is 11.2. The third-order valence-corrected chi connectivity index (χ3v) is 2.94. The van der Waals surface area contributed by atoms with E-state index in [1.807, 2.05) is 4.31 Å². The molecule has 0 aromatic heterocycles. The van der Waals surface area contributed by atoms with Crippen molar-refractivity contribution in [3.05, 3.63) is 0 Å². The number of carbonyl (C=O) groups excluding carboxylic acids is 1. The molecule has 0 radical (unpaired) electrons. The second-order valence-electron chi connectivity index (χ2n) is 2.79. The van der Waals surface area contributed by atoms with E-state index in [9.17, 15) is 4.79 Å². The highest BCUT2D eigenvalue weighted by molar-refractivity contribution is 7.97. The van der Waals surface area contributed by atoms with E-state index in [0.29, 0.717) is 5.91 Å². The summed E-state index contributed by atoms with van der Waals surface area (Å²) >= 11 is 1.70. The van der Waals surface area contributed by atoms with Crippen molar-refractivity contribution in [3.8, 4) is 0 Å². The van der Waals surface area contributed by atoms with Gasteiger partial charge in [-0.3, -0.25) is 9.10 Å². The van der Waals surface area contributed by atoms with Crippen LogP contribution in [0.25, 0.3) is 0 Å². The Morgan fingerprint density at radius 3 is 3.09 bits per heavy atom. The Labute approximate surface area is 72.5 Å². The van der Waals surface area contributed by atoms with Crippen LogP contribution in [0.2, 0.25) is 0 Å². The Balaban J connectivity index is 2.24. The van der Waals surface area contributed by atoms with Crippen LogP contribution < -0.4 is 0 Å². The summed E-state index contributed by atoms with van der Waals surface area (Å²) < 4.78 is 1.92. The van der Waals surface area contributed by atoms with Crippen molar-refractivity contribution >= 4 is 17.9 Å². The van der Waals surface area contributed by atoms with Gasteiger partial charge < -0.3 is 0 Å². The molecule has 2 nitrogen and oxygen atoms in total. The molecule has 0 aromatic rings. The highest BCUT2D eigenvalue weighted by Crippen LogP contribution is 2.20. The van der Waals surface area contributed by atoms with Crippen LogP contribution in [0.4, 0.5) is 0 Å². The van der Waals surface area contributed by atoms with Crippen molar-refractivity contribution in [2.75, 3.05) is 12.3 Å². The maximum atomic E-state index is 11.2. The summed E-state index contributed by atoms with van der Waals surface area (Å²) in [6, 6.07) is 0. The molecular formula is C8H15NOS. The number of carbonyl (C=O) groups is 1. The smallest absolute Gasteiger partial charge is 0.232 e. The van der Waals surface area contributed by atoms with E-state index in [0.717, 1.165) is 31.6 Å². The van der Waals surface area contributed by atoms with Crippen molar-refractivity contribution in [1.82, 2.24) is 4.31 Å². The van der Waals surface area contributed by atoms with Crippen molar-refractivity contribution < 1.29 is 4.79 Å². The molecule has 1 heterocycles. The molecule has 1 aliphatic heterocycles. The minimum Gasteiger partial charge on any atom is -0.286 e. The average molecular weight is 173 g/mol. The number of unbranched alkanes of at least 4 members (excludes halogenated alkanes) is 1. The molecule has 1 aliphatic rings. The molecule has 0 atom stereocenters. The van der Waals surface area contributed by atoms with Gasteiger partial charge in [0.2, 0.25) is 5.91 Å². The third-order valence-electron chi connectivity index (χ3n) is 1.78. The number of rotatable bonds is 3. The second kappa shape index (κ2) is 4.65. The first-order chi connectivity index (χ1) is 5.34. The summed E-state index contributed by atoms with van der Waals surface area (Å²) in [5.74, 6) is 1.45. The summed E-state index contributed by atoms with van der Waals surface area (Å²) in [7, 11) is 0. The molecule has 0 aromatic carbocycles. The minimum atomic E-state index is 0.328. The van der Waals surface area contributed by atoms with E-state index in [-0.39, 0.29) is 0 Å². The van der Waals surface area contributed by atoms with E-state index in [1.165, 1.54) is 6.42 Å². The van der Waals surface area contributed by atoms with Crippen LogP contribution in [0.3, 0.4) is 0 Å². The van der Waals surface area contributed by atoms with E-state index >= 15 is 0 Å². The Kier molecular flexibility index (Phi) is 3.77. The van der Waals surface area contributed by atoms with Gasteiger partial charge in [-0.05, 0) is 24.8 Å². The topological polar surface area (TPSA) is 20.3 Å². The van der Waals surface area contributed by atoms with Crippen LogP contribution in [0.5, 0.6) is 0 Å². The van der Waals surface area contributed by atoms with Gasteiger partial charge in [0.1, 0.15) is 0 Å². The van der Waals surface area contributed by atoms with Crippen molar-refractivity contribution in [3.63, 3.8) is 0 Å². The van der Waals surface area contributed by atoms with Gasteiger partial charge in [0.25, 0.3) is 0 Å². The molecule has 0 aliphatic carbocycles. The van der Waals surface area contributed by atoms with Crippen LogP contribution in [0, 0.1) is 0 Å². The quantitative estimate of drug-likeness (QED) is 0.609. The maximum absolute atomic E-state index is 11.2. The Bertz CT molecular complexity index is 138. The fourth-order valence-corrected chi connectivity index (χ4v) is 2.07. The van der Waals surface area contributed by atoms with Gasteiger partial charge in [-0.2, -0.15) is 0 Å². The second-order valence-corrected chi connectivity index (χ2v) is 3.89. The average Bonchev–Trinajstić information content (AvgIpc) is 2.03. The van der Waals surface area contributed by atoms with Crippen LogP contribution in [0.1, 0.15) is 32.6 Å². The third kappa shape index (κ3) is 2.73. The summed E-state index contributed by atoms with van der Waals surface area (Å²) in [6.07, 6.45) is 4.13. The van der Waals surface area contributed by atoms with E-state index in [4.69, 9.17) is 0 Å². The summed E-state index contributed by atoms with van der Waals surface area (Å²) in [6.45, 7) is 3.10. The van der Waals surface area contributed by atoms with E-state index < -0.39 is 0 Å². The van der Waals surface area contributed by atoms with Crippen molar-refractivity contribution in [2.24, 2.45) is 0 Å². The number of nitrogens with zero attached hydrogens (tertiary/aromatic N) is 1. The molecule has 0 N–H and O–H groups in total. The van der Waals surface area contributed by atoms with Gasteiger partial charge in [-0.25, -0.2) is 0 Å². The molecule has 0 spiro atoms. The van der Waals surface area contributed by atoms with E-state index in [1.54, 1.807) is 11.9 Å². The zero-order valence-corrected chi connectivity index (χ0v) is 7.82. The molecule has 64 valence electrons. The highest BCUT2D eigenvalue weighted by atomic mass is 32.2. The first kappa shape index (κ1) is 8.91. The maximum Gasteiger partial charge on any atom is 0.232 e. The van der Waals surface area contributed by atoms with Gasteiger partial charge in [-0.15, -0.1) is 0 Å². The first-order valence-electron chi connectivity index (χ1n) is 4.28. The normalized spacial score (nSPS) is 19.0. The van der Waals surface area contributed by atoms with Crippen LogP contribution in [0.15, 0.2) is 0 Å². The standard InChI is InChI=1S/C8H15NOS/c1-2-3-6-9-8(10)5-4-7-11-9/h2-7H2,1H3. The number of hydrogen-bond donors (Lipinski definition) is 0.